The van der Waals surface area contributed by atoms with Gasteiger partial charge in [-0.25, -0.2) is 0 Å². The molecule has 0 bridgehead atoms. The number of benzene rings is 2. The van der Waals surface area contributed by atoms with Crippen LogP contribution >= 0.6 is 11.8 Å². The molecule has 21 heavy (non-hydrogen) atoms. The maximum atomic E-state index is 3.48. The quantitative estimate of drug-likeness (QED) is 0.677. The van der Waals surface area contributed by atoms with Gasteiger partial charge in [0.2, 0.25) is 0 Å². The Morgan fingerprint density at radius 1 is 1.10 bits per heavy atom. The first-order valence-corrected chi connectivity index (χ1v) is 8.20. The predicted octanol–water partition coefficient (Wildman–Crippen LogP) is 4.53. The number of H-pyrrole nitrogens is 1. The van der Waals surface area contributed by atoms with E-state index in [1.165, 1.54) is 27.1 Å². The summed E-state index contributed by atoms with van der Waals surface area (Å²) in [6, 6.07) is 19.6. The highest BCUT2D eigenvalue weighted by Crippen LogP contribution is 2.28. The smallest absolute Gasteiger partial charge is 0.0733 e. The Balaban J connectivity index is 1.74. The average molecular weight is 296 g/mol. The lowest BCUT2D eigenvalue weighted by Crippen LogP contribution is -2.19. The van der Waals surface area contributed by atoms with E-state index in [2.05, 4.69) is 71.8 Å². The third-order valence-electron chi connectivity index (χ3n) is 3.82. The van der Waals surface area contributed by atoms with Gasteiger partial charge in [-0.1, -0.05) is 42.5 Å². The highest BCUT2D eigenvalue weighted by atomic mass is 32.2. The summed E-state index contributed by atoms with van der Waals surface area (Å²) in [5, 5.41) is 5.93. The van der Waals surface area contributed by atoms with Gasteiger partial charge in [0.05, 0.1) is 5.03 Å². The van der Waals surface area contributed by atoms with E-state index in [0.717, 1.165) is 5.75 Å². The average Bonchev–Trinajstić information content (AvgIpc) is 2.92. The highest BCUT2D eigenvalue weighted by Gasteiger charge is 2.12. The summed E-state index contributed by atoms with van der Waals surface area (Å²) in [5.74, 6) is 1.01. The van der Waals surface area contributed by atoms with Crippen LogP contribution in [0, 0.1) is 6.92 Å². The Morgan fingerprint density at radius 3 is 2.62 bits per heavy atom. The number of aromatic nitrogens is 1. The lowest BCUT2D eigenvalue weighted by atomic mass is 10.0. The van der Waals surface area contributed by atoms with Crippen LogP contribution < -0.4 is 5.32 Å². The molecule has 0 aliphatic carbocycles. The molecule has 1 unspecified atom stereocenters. The molecule has 1 atom stereocenters. The van der Waals surface area contributed by atoms with Gasteiger partial charge in [-0.15, -0.1) is 11.8 Å². The minimum Gasteiger partial charge on any atom is -0.350 e. The van der Waals surface area contributed by atoms with E-state index < -0.39 is 0 Å². The second-order valence-corrected chi connectivity index (χ2v) is 6.29. The Kier molecular flexibility index (Phi) is 4.32. The molecule has 0 aliphatic rings. The first-order chi connectivity index (χ1) is 10.3. The van der Waals surface area contributed by atoms with Crippen LogP contribution in [0.3, 0.4) is 0 Å². The van der Waals surface area contributed by atoms with Gasteiger partial charge >= 0.3 is 0 Å². The molecule has 0 saturated heterocycles. The molecule has 3 heteroatoms. The van der Waals surface area contributed by atoms with Gasteiger partial charge in [0.15, 0.2) is 0 Å². The van der Waals surface area contributed by atoms with Crippen molar-refractivity contribution in [3.05, 3.63) is 65.7 Å². The maximum Gasteiger partial charge on any atom is 0.0733 e. The van der Waals surface area contributed by atoms with E-state index in [4.69, 9.17) is 0 Å². The molecule has 1 heterocycles. The summed E-state index contributed by atoms with van der Waals surface area (Å²) >= 11 is 1.86. The van der Waals surface area contributed by atoms with Crippen LogP contribution in [-0.2, 0) is 0 Å². The lowest BCUT2D eigenvalue weighted by molar-refractivity contribution is 0.657. The maximum absolute atomic E-state index is 3.48. The topological polar surface area (TPSA) is 27.8 Å². The molecule has 0 amide bonds. The third kappa shape index (κ3) is 3.14. The standard InChI is InChI=1S/C18H20N2S/c1-13-7-3-5-9-15(13)17(19-2)12-21-18-11-14-8-4-6-10-16(14)20-18/h3-11,17,19-20H,12H2,1-2H3. The fraction of sp³-hybridized carbons (Fsp3) is 0.222. The largest absolute Gasteiger partial charge is 0.350 e. The summed E-state index contributed by atoms with van der Waals surface area (Å²) < 4.78 is 0. The SMILES string of the molecule is CNC(CSc1cc2ccccc2[nH]1)c1ccccc1C. The minimum absolute atomic E-state index is 0.364. The van der Waals surface area contributed by atoms with Gasteiger partial charge < -0.3 is 10.3 Å². The molecular weight excluding hydrogens is 276 g/mol. The van der Waals surface area contributed by atoms with E-state index in [0.29, 0.717) is 6.04 Å². The Hall–Kier alpha value is -1.71. The number of nitrogens with one attached hydrogen (secondary N) is 2. The van der Waals surface area contributed by atoms with Crippen molar-refractivity contribution in [2.45, 2.75) is 18.0 Å². The number of aryl methyl sites for hydroxylation is 1. The molecule has 2 nitrogen and oxygen atoms in total. The van der Waals surface area contributed by atoms with E-state index in [1.807, 2.05) is 18.8 Å². The fourth-order valence-corrected chi connectivity index (χ4v) is 3.69. The van der Waals surface area contributed by atoms with Gasteiger partial charge in [0.1, 0.15) is 0 Å². The molecule has 1 aromatic heterocycles. The number of hydrogen-bond acceptors (Lipinski definition) is 2. The molecule has 3 aromatic rings. The zero-order chi connectivity index (χ0) is 14.7. The van der Waals surface area contributed by atoms with Gasteiger partial charge in [0.25, 0.3) is 0 Å². The highest BCUT2D eigenvalue weighted by molar-refractivity contribution is 7.99. The first-order valence-electron chi connectivity index (χ1n) is 7.21. The Labute approximate surface area is 130 Å². The van der Waals surface area contributed by atoms with Crippen LogP contribution in [0.4, 0.5) is 0 Å². The van der Waals surface area contributed by atoms with Crippen molar-refractivity contribution < 1.29 is 0 Å². The van der Waals surface area contributed by atoms with Crippen LogP contribution in [0.5, 0.6) is 0 Å². The van der Waals surface area contributed by atoms with E-state index in [-0.39, 0.29) is 0 Å². The molecule has 0 saturated carbocycles. The molecule has 0 fully saturated rings. The number of para-hydroxylation sites is 1. The van der Waals surface area contributed by atoms with Crippen molar-refractivity contribution in [3.8, 4) is 0 Å². The normalized spacial score (nSPS) is 12.7. The summed E-state index contributed by atoms with van der Waals surface area (Å²) in [5.41, 5.74) is 3.93. The number of fused-ring (bicyclic) bond motifs is 1. The van der Waals surface area contributed by atoms with E-state index in [1.54, 1.807) is 0 Å². The molecule has 0 aliphatic heterocycles. The Bertz CT molecular complexity index is 700. The van der Waals surface area contributed by atoms with Crippen molar-refractivity contribution in [1.29, 1.82) is 0 Å². The molecular formula is C18H20N2S. The summed E-state index contributed by atoms with van der Waals surface area (Å²) in [7, 11) is 2.03. The predicted molar refractivity (Wildman–Crippen MR) is 92.0 cm³/mol. The van der Waals surface area contributed by atoms with Crippen LogP contribution in [0.15, 0.2) is 59.6 Å². The van der Waals surface area contributed by atoms with E-state index in [9.17, 15) is 0 Å². The molecule has 108 valence electrons. The minimum atomic E-state index is 0.364. The lowest BCUT2D eigenvalue weighted by Gasteiger charge is -2.18. The van der Waals surface area contributed by atoms with E-state index >= 15 is 0 Å². The molecule has 0 spiro atoms. The fourth-order valence-electron chi connectivity index (χ4n) is 2.60. The number of aromatic amines is 1. The molecule has 2 aromatic carbocycles. The summed E-state index contributed by atoms with van der Waals surface area (Å²) in [6.45, 7) is 2.17. The van der Waals surface area contributed by atoms with Crippen LogP contribution in [0.2, 0.25) is 0 Å². The second kappa shape index (κ2) is 6.37. The monoisotopic (exact) mass is 296 g/mol. The van der Waals surface area contributed by atoms with Crippen molar-refractivity contribution in [2.24, 2.45) is 0 Å². The van der Waals surface area contributed by atoms with Gasteiger partial charge in [-0.3, -0.25) is 0 Å². The van der Waals surface area contributed by atoms with Crippen LogP contribution in [0.1, 0.15) is 17.2 Å². The van der Waals surface area contributed by atoms with Crippen molar-refractivity contribution in [1.82, 2.24) is 10.3 Å². The molecule has 2 N–H and O–H groups in total. The van der Waals surface area contributed by atoms with Crippen molar-refractivity contribution in [3.63, 3.8) is 0 Å². The van der Waals surface area contributed by atoms with Crippen LogP contribution in [-0.4, -0.2) is 17.8 Å². The number of rotatable bonds is 5. The van der Waals surface area contributed by atoms with Gasteiger partial charge in [0, 0.05) is 22.7 Å². The number of hydrogen-bond donors (Lipinski definition) is 2. The second-order valence-electron chi connectivity index (χ2n) is 5.23. The van der Waals surface area contributed by atoms with Gasteiger partial charge in [-0.2, -0.15) is 0 Å². The van der Waals surface area contributed by atoms with Crippen molar-refractivity contribution >= 4 is 22.7 Å². The summed E-state index contributed by atoms with van der Waals surface area (Å²) in [4.78, 5) is 3.48. The zero-order valence-electron chi connectivity index (χ0n) is 12.4. The van der Waals surface area contributed by atoms with Gasteiger partial charge in [-0.05, 0) is 37.2 Å². The molecule has 0 radical (unpaired) electrons. The zero-order valence-corrected chi connectivity index (χ0v) is 13.2. The van der Waals surface area contributed by atoms with Crippen LogP contribution in [0.25, 0.3) is 10.9 Å². The number of thioether (sulfide) groups is 1. The molecule has 3 rings (SSSR count). The third-order valence-corrected chi connectivity index (χ3v) is 4.85. The van der Waals surface area contributed by atoms with Crippen molar-refractivity contribution in [2.75, 3.05) is 12.8 Å². The summed E-state index contributed by atoms with van der Waals surface area (Å²) in [6.07, 6.45) is 0. The first kappa shape index (κ1) is 14.2. The Morgan fingerprint density at radius 2 is 1.86 bits per heavy atom.